The van der Waals surface area contributed by atoms with Gasteiger partial charge in [-0.05, 0) is 35.4 Å². The van der Waals surface area contributed by atoms with Gasteiger partial charge in [-0.2, -0.15) is 0 Å². The standard InChI is InChI=1S/C16H16ClFN2O/c1-19-16(21)9-11-2-5-13(6-3-11)20-10-12-4-7-14(17)15(18)8-12/h2-8,20H,9-10H2,1H3,(H,19,21). The lowest BCUT2D eigenvalue weighted by molar-refractivity contribution is -0.119. The molecule has 2 N–H and O–H groups in total. The highest BCUT2D eigenvalue weighted by atomic mass is 35.5. The number of carbonyl (C=O) groups excluding carboxylic acids is 1. The predicted molar refractivity (Wildman–Crippen MR) is 82.9 cm³/mol. The summed E-state index contributed by atoms with van der Waals surface area (Å²) in [6, 6.07) is 12.3. The second-order valence-corrected chi connectivity index (χ2v) is 5.06. The predicted octanol–water partition coefficient (Wildman–Crippen LogP) is 3.38. The summed E-state index contributed by atoms with van der Waals surface area (Å²) in [5.74, 6) is -0.441. The van der Waals surface area contributed by atoms with Gasteiger partial charge in [0.2, 0.25) is 5.91 Å². The SMILES string of the molecule is CNC(=O)Cc1ccc(NCc2ccc(Cl)c(F)c2)cc1. The number of benzene rings is 2. The van der Waals surface area contributed by atoms with E-state index in [1.165, 1.54) is 6.07 Å². The molecule has 0 radical (unpaired) electrons. The van der Waals surface area contributed by atoms with Crippen molar-refractivity contribution in [2.24, 2.45) is 0 Å². The average Bonchev–Trinajstić information content (AvgIpc) is 2.50. The molecule has 0 aliphatic carbocycles. The Hall–Kier alpha value is -2.07. The molecule has 2 rings (SSSR count). The van der Waals surface area contributed by atoms with Crippen LogP contribution in [-0.4, -0.2) is 13.0 Å². The Labute approximate surface area is 128 Å². The zero-order valence-electron chi connectivity index (χ0n) is 11.6. The van der Waals surface area contributed by atoms with Crippen LogP contribution in [0.2, 0.25) is 5.02 Å². The summed E-state index contributed by atoms with van der Waals surface area (Å²) in [5, 5.41) is 5.90. The largest absolute Gasteiger partial charge is 0.381 e. The smallest absolute Gasteiger partial charge is 0.224 e. The monoisotopic (exact) mass is 306 g/mol. The van der Waals surface area contributed by atoms with Crippen molar-refractivity contribution >= 4 is 23.2 Å². The topological polar surface area (TPSA) is 41.1 Å². The zero-order chi connectivity index (χ0) is 15.2. The first-order valence-corrected chi connectivity index (χ1v) is 6.93. The van der Waals surface area contributed by atoms with Crippen LogP contribution in [0.4, 0.5) is 10.1 Å². The van der Waals surface area contributed by atoms with Crippen LogP contribution in [-0.2, 0) is 17.8 Å². The van der Waals surface area contributed by atoms with E-state index < -0.39 is 5.82 Å². The Morgan fingerprint density at radius 1 is 1.14 bits per heavy atom. The molecule has 5 heteroatoms. The fraction of sp³-hybridized carbons (Fsp3) is 0.188. The van der Waals surface area contributed by atoms with E-state index in [0.717, 1.165) is 16.8 Å². The summed E-state index contributed by atoms with van der Waals surface area (Å²) in [6.45, 7) is 0.503. The highest BCUT2D eigenvalue weighted by Gasteiger charge is 2.02. The van der Waals surface area contributed by atoms with Gasteiger partial charge in [0.25, 0.3) is 0 Å². The van der Waals surface area contributed by atoms with Gasteiger partial charge in [0, 0.05) is 19.3 Å². The minimum absolute atomic E-state index is 0.0210. The molecule has 0 aliphatic heterocycles. The minimum Gasteiger partial charge on any atom is -0.381 e. The maximum Gasteiger partial charge on any atom is 0.224 e. The Bertz CT molecular complexity index is 629. The summed E-state index contributed by atoms with van der Waals surface area (Å²) in [6.07, 6.45) is 0.360. The van der Waals surface area contributed by atoms with Crippen LogP contribution in [0.15, 0.2) is 42.5 Å². The Morgan fingerprint density at radius 3 is 2.43 bits per heavy atom. The van der Waals surface area contributed by atoms with Crippen LogP contribution >= 0.6 is 11.6 Å². The molecule has 0 unspecified atom stereocenters. The van der Waals surface area contributed by atoms with Crippen molar-refractivity contribution in [3.05, 3.63) is 64.4 Å². The number of rotatable bonds is 5. The summed E-state index contributed by atoms with van der Waals surface area (Å²) in [7, 11) is 1.61. The number of halogens is 2. The molecule has 0 heterocycles. The lowest BCUT2D eigenvalue weighted by atomic mass is 10.1. The van der Waals surface area contributed by atoms with Gasteiger partial charge in [0.05, 0.1) is 11.4 Å². The second-order valence-electron chi connectivity index (χ2n) is 4.65. The van der Waals surface area contributed by atoms with Gasteiger partial charge in [-0.3, -0.25) is 4.79 Å². The number of likely N-dealkylation sites (N-methyl/N-ethyl adjacent to an activating group) is 1. The summed E-state index contributed by atoms with van der Waals surface area (Å²) in [4.78, 5) is 11.3. The molecule has 0 spiro atoms. The number of hydrogen-bond acceptors (Lipinski definition) is 2. The first kappa shape index (κ1) is 15.3. The van der Waals surface area contributed by atoms with Gasteiger partial charge in [0.1, 0.15) is 5.82 Å². The van der Waals surface area contributed by atoms with Crippen LogP contribution in [0.25, 0.3) is 0 Å². The lowest BCUT2D eigenvalue weighted by Gasteiger charge is -2.08. The van der Waals surface area contributed by atoms with Crippen molar-refractivity contribution in [3.63, 3.8) is 0 Å². The van der Waals surface area contributed by atoms with E-state index in [0.29, 0.717) is 13.0 Å². The molecule has 0 fully saturated rings. The number of amides is 1. The molecular formula is C16H16ClFN2O. The summed E-state index contributed by atoms with van der Waals surface area (Å²) in [5.41, 5.74) is 2.66. The molecule has 110 valence electrons. The van der Waals surface area contributed by atoms with Crippen LogP contribution in [0.5, 0.6) is 0 Å². The fourth-order valence-electron chi connectivity index (χ4n) is 1.87. The third-order valence-corrected chi connectivity index (χ3v) is 3.38. The molecule has 0 aliphatic rings. The highest BCUT2D eigenvalue weighted by Crippen LogP contribution is 2.17. The van der Waals surface area contributed by atoms with Crippen LogP contribution in [0.1, 0.15) is 11.1 Å². The molecule has 0 atom stereocenters. The van der Waals surface area contributed by atoms with Crippen molar-refractivity contribution in [3.8, 4) is 0 Å². The molecular weight excluding hydrogens is 291 g/mol. The van der Waals surface area contributed by atoms with E-state index in [4.69, 9.17) is 11.6 Å². The second kappa shape index (κ2) is 7.09. The fourth-order valence-corrected chi connectivity index (χ4v) is 1.99. The Kier molecular flexibility index (Phi) is 5.17. The minimum atomic E-state index is -0.420. The first-order valence-electron chi connectivity index (χ1n) is 6.56. The van der Waals surface area contributed by atoms with Crippen molar-refractivity contribution in [1.29, 1.82) is 0 Å². The van der Waals surface area contributed by atoms with Crippen LogP contribution < -0.4 is 10.6 Å². The number of hydrogen-bond donors (Lipinski definition) is 2. The number of anilines is 1. The van der Waals surface area contributed by atoms with E-state index in [-0.39, 0.29) is 10.9 Å². The van der Waals surface area contributed by atoms with Gasteiger partial charge in [-0.15, -0.1) is 0 Å². The van der Waals surface area contributed by atoms with Gasteiger partial charge in [-0.1, -0.05) is 29.8 Å². The van der Waals surface area contributed by atoms with E-state index in [1.807, 2.05) is 24.3 Å². The van der Waals surface area contributed by atoms with Gasteiger partial charge in [0.15, 0.2) is 0 Å². The molecule has 21 heavy (non-hydrogen) atoms. The van der Waals surface area contributed by atoms with Gasteiger partial charge >= 0.3 is 0 Å². The number of nitrogens with one attached hydrogen (secondary N) is 2. The molecule has 2 aromatic carbocycles. The van der Waals surface area contributed by atoms with E-state index in [1.54, 1.807) is 19.2 Å². The Balaban J connectivity index is 1.94. The third-order valence-electron chi connectivity index (χ3n) is 3.08. The molecule has 0 bridgehead atoms. The first-order chi connectivity index (χ1) is 10.1. The normalized spacial score (nSPS) is 10.2. The van der Waals surface area contributed by atoms with Crippen LogP contribution in [0.3, 0.4) is 0 Å². The molecule has 3 nitrogen and oxygen atoms in total. The number of carbonyl (C=O) groups is 1. The summed E-state index contributed by atoms with van der Waals surface area (Å²) >= 11 is 5.64. The van der Waals surface area contributed by atoms with Crippen molar-refractivity contribution in [1.82, 2.24) is 5.32 Å². The zero-order valence-corrected chi connectivity index (χ0v) is 12.4. The van der Waals surface area contributed by atoms with Gasteiger partial charge in [-0.25, -0.2) is 4.39 Å². The van der Waals surface area contributed by atoms with Crippen molar-refractivity contribution in [2.45, 2.75) is 13.0 Å². The van der Waals surface area contributed by atoms with Crippen LogP contribution in [0, 0.1) is 5.82 Å². The maximum atomic E-state index is 13.3. The average molecular weight is 307 g/mol. The third kappa shape index (κ3) is 4.46. The van der Waals surface area contributed by atoms with Crippen molar-refractivity contribution in [2.75, 3.05) is 12.4 Å². The molecule has 1 amide bonds. The highest BCUT2D eigenvalue weighted by molar-refractivity contribution is 6.30. The van der Waals surface area contributed by atoms with E-state index >= 15 is 0 Å². The summed E-state index contributed by atoms with van der Waals surface area (Å²) < 4.78 is 13.3. The maximum absolute atomic E-state index is 13.3. The van der Waals surface area contributed by atoms with Crippen molar-refractivity contribution < 1.29 is 9.18 Å². The van der Waals surface area contributed by atoms with Gasteiger partial charge < -0.3 is 10.6 Å². The quantitative estimate of drug-likeness (QED) is 0.889. The molecule has 0 aromatic heterocycles. The molecule has 0 saturated carbocycles. The molecule has 0 saturated heterocycles. The molecule has 2 aromatic rings. The van der Waals surface area contributed by atoms with E-state index in [2.05, 4.69) is 10.6 Å². The van der Waals surface area contributed by atoms with E-state index in [9.17, 15) is 9.18 Å². The lowest BCUT2D eigenvalue weighted by Crippen LogP contribution is -2.19. The Morgan fingerprint density at radius 2 is 1.81 bits per heavy atom.